The van der Waals surface area contributed by atoms with E-state index >= 15 is 0 Å². The zero-order valence-corrected chi connectivity index (χ0v) is 9.06. The van der Waals surface area contributed by atoms with Crippen molar-refractivity contribution in [3.05, 3.63) is 30.3 Å². The van der Waals surface area contributed by atoms with Gasteiger partial charge in [-0.25, -0.2) is 0 Å². The number of anilines is 1. The van der Waals surface area contributed by atoms with E-state index < -0.39 is 0 Å². The number of methoxy groups -OCH3 is 1. The van der Waals surface area contributed by atoms with E-state index in [1.165, 1.54) is 5.69 Å². The predicted octanol–water partition coefficient (Wildman–Crippen LogP) is 1.54. The molecule has 3 nitrogen and oxygen atoms in total. The summed E-state index contributed by atoms with van der Waals surface area (Å²) in [6.07, 6.45) is 0. The Morgan fingerprint density at radius 3 is 2.93 bits per heavy atom. The highest BCUT2D eigenvalue weighted by Gasteiger charge is 2.22. The molecule has 0 radical (unpaired) electrons. The number of benzene rings is 1. The maximum Gasteiger partial charge on any atom is 0.0758 e. The topological polar surface area (TPSA) is 21.7 Å². The summed E-state index contributed by atoms with van der Waals surface area (Å²) in [5.41, 5.74) is 1.25. The molecule has 0 amide bonds. The molecule has 82 valence electrons. The average Bonchev–Trinajstić information content (AvgIpc) is 2.31. The molecule has 1 atom stereocenters. The van der Waals surface area contributed by atoms with Gasteiger partial charge in [-0.1, -0.05) is 18.2 Å². The van der Waals surface area contributed by atoms with Crippen molar-refractivity contribution in [2.75, 3.05) is 38.4 Å². The zero-order chi connectivity index (χ0) is 10.5. The number of hydrogen-bond acceptors (Lipinski definition) is 3. The fourth-order valence-corrected chi connectivity index (χ4v) is 1.94. The monoisotopic (exact) mass is 207 g/mol. The van der Waals surface area contributed by atoms with Crippen LogP contribution in [0.1, 0.15) is 0 Å². The largest absolute Gasteiger partial charge is 0.382 e. The predicted molar refractivity (Wildman–Crippen MR) is 60.3 cm³/mol. The quantitative estimate of drug-likeness (QED) is 0.750. The summed E-state index contributed by atoms with van der Waals surface area (Å²) < 4.78 is 10.7. The van der Waals surface area contributed by atoms with Crippen molar-refractivity contribution < 1.29 is 9.47 Å². The molecule has 1 fully saturated rings. The molecular formula is C12H17NO2. The van der Waals surface area contributed by atoms with Crippen LogP contribution in [0.3, 0.4) is 0 Å². The molecule has 0 saturated carbocycles. The van der Waals surface area contributed by atoms with Gasteiger partial charge < -0.3 is 14.4 Å². The Morgan fingerprint density at radius 2 is 2.20 bits per heavy atom. The molecular weight excluding hydrogens is 190 g/mol. The van der Waals surface area contributed by atoms with Crippen molar-refractivity contribution >= 4 is 5.69 Å². The molecule has 0 aliphatic carbocycles. The van der Waals surface area contributed by atoms with Crippen molar-refractivity contribution in [1.29, 1.82) is 0 Å². The molecule has 0 aromatic heterocycles. The first kappa shape index (κ1) is 10.5. The Morgan fingerprint density at radius 1 is 1.40 bits per heavy atom. The fraction of sp³-hybridized carbons (Fsp3) is 0.500. The third kappa shape index (κ3) is 2.49. The summed E-state index contributed by atoms with van der Waals surface area (Å²) in [7, 11) is 1.73. The summed E-state index contributed by atoms with van der Waals surface area (Å²) in [6.45, 7) is 3.21. The van der Waals surface area contributed by atoms with Crippen LogP contribution in [0.5, 0.6) is 0 Å². The molecule has 1 heterocycles. The minimum absolute atomic E-state index is 0.339. The molecule has 15 heavy (non-hydrogen) atoms. The Kier molecular flexibility index (Phi) is 3.59. The van der Waals surface area contributed by atoms with Crippen LogP contribution in [-0.4, -0.2) is 39.5 Å². The summed E-state index contributed by atoms with van der Waals surface area (Å²) in [5.74, 6) is 0. The van der Waals surface area contributed by atoms with E-state index in [1.54, 1.807) is 7.11 Å². The standard InChI is InChI=1S/C12H17NO2/c1-14-9-12-10-15-8-7-13(12)11-5-3-2-4-6-11/h2-6,12H,7-10H2,1H3/t12-/m1/s1. The lowest BCUT2D eigenvalue weighted by Gasteiger charge is -2.36. The van der Waals surface area contributed by atoms with Gasteiger partial charge in [-0.05, 0) is 12.1 Å². The van der Waals surface area contributed by atoms with Gasteiger partial charge >= 0.3 is 0 Å². The highest BCUT2D eigenvalue weighted by Crippen LogP contribution is 2.19. The molecule has 0 bridgehead atoms. The van der Waals surface area contributed by atoms with Gasteiger partial charge in [0, 0.05) is 19.3 Å². The number of ether oxygens (including phenoxy) is 2. The van der Waals surface area contributed by atoms with Crippen molar-refractivity contribution in [3.63, 3.8) is 0 Å². The number of para-hydroxylation sites is 1. The van der Waals surface area contributed by atoms with E-state index in [4.69, 9.17) is 9.47 Å². The molecule has 1 saturated heterocycles. The lowest BCUT2D eigenvalue weighted by molar-refractivity contribution is 0.0602. The number of nitrogens with zero attached hydrogens (tertiary/aromatic N) is 1. The number of morpholine rings is 1. The van der Waals surface area contributed by atoms with Crippen LogP contribution < -0.4 is 4.90 Å². The highest BCUT2D eigenvalue weighted by molar-refractivity contribution is 5.47. The molecule has 0 spiro atoms. The molecule has 1 aliphatic heterocycles. The minimum Gasteiger partial charge on any atom is -0.382 e. The van der Waals surface area contributed by atoms with Crippen molar-refractivity contribution in [3.8, 4) is 0 Å². The Balaban J connectivity index is 2.11. The summed E-state index contributed by atoms with van der Waals surface area (Å²) in [4.78, 5) is 2.35. The fourth-order valence-electron chi connectivity index (χ4n) is 1.94. The van der Waals surface area contributed by atoms with E-state index in [2.05, 4.69) is 29.2 Å². The summed E-state index contributed by atoms with van der Waals surface area (Å²) in [6, 6.07) is 10.8. The molecule has 1 aromatic carbocycles. The Hall–Kier alpha value is -1.06. The third-order valence-corrected chi connectivity index (χ3v) is 2.67. The lowest BCUT2D eigenvalue weighted by Crippen LogP contribution is -2.48. The Bertz CT molecular complexity index is 287. The molecule has 2 rings (SSSR count). The molecule has 1 aliphatic rings. The third-order valence-electron chi connectivity index (χ3n) is 2.67. The highest BCUT2D eigenvalue weighted by atomic mass is 16.5. The van der Waals surface area contributed by atoms with Crippen molar-refractivity contribution in [1.82, 2.24) is 0 Å². The zero-order valence-electron chi connectivity index (χ0n) is 9.06. The van der Waals surface area contributed by atoms with Crippen LogP contribution in [0.25, 0.3) is 0 Å². The van der Waals surface area contributed by atoms with Gasteiger partial charge in [-0.2, -0.15) is 0 Å². The van der Waals surface area contributed by atoms with Crippen LogP contribution in [0.2, 0.25) is 0 Å². The van der Waals surface area contributed by atoms with Crippen LogP contribution >= 0.6 is 0 Å². The van der Waals surface area contributed by atoms with E-state index in [-0.39, 0.29) is 0 Å². The first-order valence-corrected chi connectivity index (χ1v) is 5.30. The second-order valence-electron chi connectivity index (χ2n) is 3.71. The molecule has 3 heteroatoms. The van der Waals surface area contributed by atoms with Gasteiger partial charge in [0.15, 0.2) is 0 Å². The second kappa shape index (κ2) is 5.14. The number of hydrogen-bond donors (Lipinski definition) is 0. The number of rotatable bonds is 3. The van der Waals surface area contributed by atoms with Gasteiger partial charge in [0.25, 0.3) is 0 Å². The van der Waals surface area contributed by atoms with Gasteiger partial charge in [-0.15, -0.1) is 0 Å². The SMILES string of the molecule is COC[C@@H]1COCCN1c1ccccc1. The first-order valence-electron chi connectivity index (χ1n) is 5.30. The van der Waals surface area contributed by atoms with Crippen LogP contribution in [0.15, 0.2) is 30.3 Å². The van der Waals surface area contributed by atoms with Gasteiger partial charge in [0.2, 0.25) is 0 Å². The van der Waals surface area contributed by atoms with E-state index in [9.17, 15) is 0 Å². The second-order valence-corrected chi connectivity index (χ2v) is 3.71. The summed E-state index contributed by atoms with van der Waals surface area (Å²) >= 11 is 0. The van der Waals surface area contributed by atoms with Crippen LogP contribution in [0, 0.1) is 0 Å². The van der Waals surface area contributed by atoms with Crippen LogP contribution in [0.4, 0.5) is 5.69 Å². The maximum absolute atomic E-state index is 5.46. The summed E-state index contributed by atoms with van der Waals surface area (Å²) in [5, 5.41) is 0. The van der Waals surface area contributed by atoms with Gasteiger partial charge in [0.1, 0.15) is 0 Å². The maximum atomic E-state index is 5.46. The lowest BCUT2D eigenvalue weighted by atomic mass is 10.2. The smallest absolute Gasteiger partial charge is 0.0758 e. The first-order chi connectivity index (χ1) is 7.42. The van der Waals surface area contributed by atoms with Crippen molar-refractivity contribution in [2.24, 2.45) is 0 Å². The molecule has 1 aromatic rings. The van der Waals surface area contributed by atoms with Gasteiger partial charge in [0.05, 0.1) is 25.9 Å². The van der Waals surface area contributed by atoms with E-state index in [0.717, 1.165) is 26.4 Å². The van der Waals surface area contributed by atoms with Crippen molar-refractivity contribution in [2.45, 2.75) is 6.04 Å². The van der Waals surface area contributed by atoms with E-state index in [0.29, 0.717) is 6.04 Å². The van der Waals surface area contributed by atoms with Crippen LogP contribution in [-0.2, 0) is 9.47 Å². The molecule has 0 N–H and O–H groups in total. The minimum atomic E-state index is 0.339. The molecule has 0 unspecified atom stereocenters. The average molecular weight is 207 g/mol. The normalized spacial score (nSPS) is 21.7. The van der Waals surface area contributed by atoms with Gasteiger partial charge in [-0.3, -0.25) is 0 Å². The van der Waals surface area contributed by atoms with E-state index in [1.807, 2.05) is 6.07 Å². The Labute approximate surface area is 90.6 Å².